The highest BCUT2D eigenvalue weighted by Crippen LogP contribution is 2.09. The molecule has 1 aromatic heterocycles. The quantitative estimate of drug-likeness (QED) is 0.202. The number of hydrogen-bond acceptors (Lipinski definition) is 6. The summed E-state index contributed by atoms with van der Waals surface area (Å²) in [6, 6.07) is 14.9. The number of rotatable bonds is 7. The normalized spacial score (nSPS) is 11.7. The van der Waals surface area contributed by atoms with Crippen molar-refractivity contribution in [3.8, 4) is 11.8 Å². The Kier molecular flexibility index (Phi) is 9.90. The van der Waals surface area contributed by atoms with Crippen molar-refractivity contribution in [1.29, 1.82) is 0 Å². The first-order valence-corrected chi connectivity index (χ1v) is 10.3. The Hall–Kier alpha value is -4.26. The second-order valence-corrected chi connectivity index (χ2v) is 7.41. The number of hydrogen-bond donors (Lipinski definition) is 5. The molecule has 0 saturated carbocycles. The molecule has 0 unspecified atom stereocenters. The van der Waals surface area contributed by atoms with Crippen LogP contribution in [-0.4, -0.2) is 39.3 Å². The second kappa shape index (κ2) is 12.8. The zero-order valence-corrected chi connectivity index (χ0v) is 18.2. The van der Waals surface area contributed by atoms with E-state index in [0.29, 0.717) is 23.5 Å². The Morgan fingerprint density at radius 3 is 2.20 bits per heavy atom. The molecule has 0 aliphatic rings. The SMILES string of the molecule is C.C[C@@H](O)[C@H](NC(=O)c1ccc(C#Cc2ccc(NCc3ccc(F)cc3)nc2)cc1)C(=O)NO. The molecule has 0 fully saturated rings. The predicted molar refractivity (Wildman–Crippen MR) is 130 cm³/mol. The fraction of sp³-hybridized carbons (Fsp3) is 0.192. The van der Waals surface area contributed by atoms with E-state index in [9.17, 15) is 19.1 Å². The lowest BCUT2D eigenvalue weighted by Gasteiger charge is -2.19. The van der Waals surface area contributed by atoms with Crippen molar-refractivity contribution >= 4 is 17.6 Å². The van der Waals surface area contributed by atoms with E-state index in [4.69, 9.17) is 5.21 Å². The van der Waals surface area contributed by atoms with Crippen molar-refractivity contribution < 1.29 is 24.3 Å². The third kappa shape index (κ3) is 7.92. The van der Waals surface area contributed by atoms with Crippen LogP contribution in [0.5, 0.6) is 0 Å². The summed E-state index contributed by atoms with van der Waals surface area (Å²) in [5.41, 5.74) is 3.97. The number of amides is 2. The standard InChI is InChI=1S/C25H23FN4O4.CH4/c1-16(31)23(25(33)30-34)29-24(32)20-9-4-17(5-10-20)2-3-18-8-13-22(27-14-18)28-15-19-6-11-21(26)12-7-19;/h4-14,16,23,31,34H,15H2,1H3,(H,27,28)(H,29,32)(H,30,33);1H4/t16-,23+;/m1./s1. The van der Waals surface area contributed by atoms with Crippen LogP contribution >= 0.6 is 0 Å². The van der Waals surface area contributed by atoms with Crippen LogP contribution < -0.4 is 16.1 Å². The molecule has 182 valence electrons. The number of nitrogens with zero attached hydrogens (tertiary/aromatic N) is 1. The molecular weight excluding hydrogens is 451 g/mol. The summed E-state index contributed by atoms with van der Waals surface area (Å²) in [5, 5.41) is 23.9. The number of aromatic nitrogens is 1. The maximum Gasteiger partial charge on any atom is 0.268 e. The fourth-order valence-corrected chi connectivity index (χ4v) is 2.92. The smallest absolute Gasteiger partial charge is 0.268 e. The Morgan fingerprint density at radius 2 is 1.63 bits per heavy atom. The van der Waals surface area contributed by atoms with Gasteiger partial charge in [-0.3, -0.25) is 14.8 Å². The summed E-state index contributed by atoms with van der Waals surface area (Å²) < 4.78 is 13.0. The van der Waals surface area contributed by atoms with E-state index >= 15 is 0 Å². The van der Waals surface area contributed by atoms with Gasteiger partial charge in [-0.25, -0.2) is 14.9 Å². The van der Waals surface area contributed by atoms with Gasteiger partial charge in [0.05, 0.1) is 6.10 Å². The molecule has 3 rings (SSSR count). The molecule has 0 saturated heterocycles. The van der Waals surface area contributed by atoms with E-state index in [-0.39, 0.29) is 18.8 Å². The molecule has 2 atom stereocenters. The molecule has 0 spiro atoms. The van der Waals surface area contributed by atoms with Gasteiger partial charge in [-0.2, -0.15) is 0 Å². The number of aliphatic hydroxyl groups excluding tert-OH is 1. The molecule has 0 aliphatic carbocycles. The molecule has 35 heavy (non-hydrogen) atoms. The number of anilines is 1. The third-order valence-corrected chi connectivity index (χ3v) is 4.81. The summed E-state index contributed by atoms with van der Waals surface area (Å²) in [6.07, 6.45) is 0.434. The molecular formula is C26H27FN4O4. The van der Waals surface area contributed by atoms with E-state index in [1.165, 1.54) is 36.7 Å². The first-order valence-electron chi connectivity index (χ1n) is 10.3. The van der Waals surface area contributed by atoms with Crippen molar-refractivity contribution in [2.45, 2.75) is 33.0 Å². The second-order valence-electron chi connectivity index (χ2n) is 7.41. The van der Waals surface area contributed by atoms with Crippen molar-refractivity contribution in [2.24, 2.45) is 0 Å². The van der Waals surface area contributed by atoms with Gasteiger partial charge < -0.3 is 15.7 Å². The molecule has 2 aromatic carbocycles. The summed E-state index contributed by atoms with van der Waals surface area (Å²) in [6.45, 7) is 1.84. The Bertz CT molecular complexity index is 1190. The van der Waals surface area contributed by atoms with Crippen LogP contribution in [0, 0.1) is 17.7 Å². The highest BCUT2D eigenvalue weighted by molar-refractivity contribution is 5.97. The van der Waals surface area contributed by atoms with Crippen molar-refractivity contribution in [1.82, 2.24) is 15.8 Å². The maximum atomic E-state index is 13.0. The zero-order chi connectivity index (χ0) is 24.5. The van der Waals surface area contributed by atoms with E-state index in [0.717, 1.165) is 5.56 Å². The van der Waals surface area contributed by atoms with E-state index in [1.807, 2.05) is 6.07 Å². The maximum absolute atomic E-state index is 13.0. The highest BCUT2D eigenvalue weighted by Gasteiger charge is 2.25. The number of benzene rings is 2. The molecule has 9 heteroatoms. The molecule has 8 nitrogen and oxygen atoms in total. The average Bonchev–Trinajstić information content (AvgIpc) is 2.86. The van der Waals surface area contributed by atoms with Crippen molar-refractivity contribution in [3.63, 3.8) is 0 Å². The monoisotopic (exact) mass is 478 g/mol. The average molecular weight is 479 g/mol. The summed E-state index contributed by atoms with van der Waals surface area (Å²) >= 11 is 0. The lowest BCUT2D eigenvalue weighted by atomic mass is 10.1. The molecule has 0 bridgehead atoms. The van der Waals surface area contributed by atoms with Gasteiger partial charge in [0.15, 0.2) is 0 Å². The van der Waals surface area contributed by atoms with Gasteiger partial charge in [0.2, 0.25) is 0 Å². The molecule has 1 heterocycles. The van der Waals surface area contributed by atoms with Gasteiger partial charge in [-0.05, 0) is 61.0 Å². The summed E-state index contributed by atoms with van der Waals surface area (Å²) in [7, 11) is 0. The van der Waals surface area contributed by atoms with Gasteiger partial charge in [-0.1, -0.05) is 31.4 Å². The van der Waals surface area contributed by atoms with Crippen LogP contribution in [0.3, 0.4) is 0 Å². The van der Waals surface area contributed by atoms with E-state index in [2.05, 4.69) is 27.5 Å². The van der Waals surface area contributed by atoms with Crippen LogP contribution in [0.15, 0.2) is 66.9 Å². The Balaban J connectivity index is 0.00000432. The van der Waals surface area contributed by atoms with Gasteiger partial charge in [0.1, 0.15) is 17.7 Å². The number of hydroxylamine groups is 1. The predicted octanol–water partition coefficient (Wildman–Crippen LogP) is 2.85. The zero-order valence-electron chi connectivity index (χ0n) is 18.2. The van der Waals surface area contributed by atoms with Crippen LogP contribution in [0.2, 0.25) is 0 Å². The van der Waals surface area contributed by atoms with Crippen molar-refractivity contribution in [3.05, 3.63) is 94.9 Å². The van der Waals surface area contributed by atoms with Crippen LogP contribution in [-0.2, 0) is 11.3 Å². The number of halogens is 1. The van der Waals surface area contributed by atoms with Crippen LogP contribution in [0.1, 0.15) is 41.4 Å². The van der Waals surface area contributed by atoms with Gasteiger partial charge >= 0.3 is 0 Å². The minimum Gasteiger partial charge on any atom is -0.391 e. The molecule has 0 aliphatic heterocycles. The van der Waals surface area contributed by atoms with Crippen LogP contribution in [0.4, 0.5) is 10.2 Å². The Morgan fingerprint density at radius 1 is 1.00 bits per heavy atom. The number of aliphatic hydroxyl groups is 1. The van der Waals surface area contributed by atoms with Crippen LogP contribution in [0.25, 0.3) is 0 Å². The lowest BCUT2D eigenvalue weighted by Crippen LogP contribution is -2.51. The van der Waals surface area contributed by atoms with Gasteiger partial charge in [0, 0.05) is 29.4 Å². The summed E-state index contributed by atoms with van der Waals surface area (Å²) in [5.74, 6) is 4.85. The van der Waals surface area contributed by atoms with Gasteiger partial charge in [-0.15, -0.1) is 0 Å². The van der Waals surface area contributed by atoms with E-state index in [1.54, 1.807) is 36.5 Å². The first kappa shape index (κ1) is 27.0. The number of carbonyl (C=O) groups is 2. The molecule has 2 amide bonds. The number of carbonyl (C=O) groups excluding carboxylic acids is 2. The third-order valence-electron chi connectivity index (χ3n) is 4.81. The highest BCUT2D eigenvalue weighted by atomic mass is 19.1. The molecule has 0 radical (unpaired) electrons. The molecule has 5 N–H and O–H groups in total. The first-order chi connectivity index (χ1) is 16.4. The minimum atomic E-state index is -1.29. The van der Waals surface area contributed by atoms with Crippen molar-refractivity contribution in [2.75, 3.05) is 5.32 Å². The molecule has 3 aromatic rings. The summed E-state index contributed by atoms with van der Waals surface area (Å²) in [4.78, 5) is 28.2. The Labute approximate surface area is 203 Å². The largest absolute Gasteiger partial charge is 0.391 e. The van der Waals surface area contributed by atoms with Gasteiger partial charge in [0.25, 0.3) is 11.8 Å². The number of nitrogens with one attached hydrogen (secondary N) is 3. The number of pyridine rings is 1. The fourth-order valence-electron chi connectivity index (χ4n) is 2.92. The topological polar surface area (TPSA) is 124 Å². The lowest BCUT2D eigenvalue weighted by molar-refractivity contribution is -0.133. The van der Waals surface area contributed by atoms with E-state index < -0.39 is 24.0 Å². The minimum absolute atomic E-state index is 0.